The average Bonchev–Trinajstić information content (AvgIpc) is 2.35. The van der Waals surface area contributed by atoms with Crippen LogP contribution in [0.3, 0.4) is 0 Å². The summed E-state index contributed by atoms with van der Waals surface area (Å²) in [7, 11) is 0. The Bertz CT molecular complexity index is 639. The van der Waals surface area contributed by atoms with Crippen LogP contribution in [0.15, 0.2) is 40.9 Å². The van der Waals surface area contributed by atoms with Crippen LogP contribution in [0.1, 0.15) is 15.9 Å². The van der Waals surface area contributed by atoms with Gasteiger partial charge in [-0.15, -0.1) is 0 Å². The standard InChI is InChI=1S/C14H9BrF2O3/c15-9-1-2-13(14(18)19)8(3-9)7-20-12-5-10(16)4-11(17)6-12/h1-6H,7H2,(H,18,19). The van der Waals surface area contributed by atoms with Crippen LogP contribution in [0.4, 0.5) is 8.78 Å². The summed E-state index contributed by atoms with van der Waals surface area (Å²) in [5, 5.41) is 9.05. The second-order valence-electron chi connectivity index (χ2n) is 4.00. The monoisotopic (exact) mass is 342 g/mol. The van der Waals surface area contributed by atoms with E-state index < -0.39 is 17.6 Å². The van der Waals surface area contributed by atoms with E-state index in [-0.39, 0.29) is 17.9 Å². The minimum Gasteiger partial charge on any atom is -0.489 e. The molecule has 0 aromatic heterocycles. The van der Waals surface area contributed by atoms with Crippen molar-refractivity contribution in [2.75, 3.05) is 0 Å². The van der Waals surface area contributed by atoms with Gasteiger partial charge in [0.15, 0.2) is 0 Å². The van der Waals surface area contributed by atoms with E-state index in [9.17, 15) is 13.6 Å². The molecule has 0 radical (unpaired) electrons. The van der Waals surface area contributed by atoms with Gasteiger partial charge in [-0.3, -0.25) is 0 Å². The number of ether oxygens (including phenoxy) is 1. The van der Waals surface area contributed by atoms with Gasteiger partial charge in [-0.2, -0.15) is 0 Å². The summed E-state index contributed by atoms with van der Waals surface area (Å²) in [5.41, 5.74) is 0.474. The average molecular weight is 343 g/mol. The molecule has 0 fully saturated rings. The maximum Gasteiger partial charge on any atom is 0.336 e. The number of carbonyl (C=O) groups is 1. The predicted octanol–water partition coefficient (Wildman–Crippen LogP) is 4.00. The fourth-order valence-corrected chi connectivity index (χ4v) is 2.07. The summed E-state index contributed by atoms with van der Waals surface area (Å²) >= 11 is 3.23. The molecule has 0 spiro atoms. The number of aromatic carboxylic acids is 1. The first-order chi connectivity index (χ1) is 9.45. The van der Waals surface area contributed by atoms with Crippen molar-refractivity contribution < 1.29 is 23.4 Å². The largest absolute Gasteiger partial charge is 0.489 e. The molecule has 3 nitrogen and oxygen atoms in total. The molecular formula is C14H9BrF2O3. The van der Waals surface area contributed by atoms with Gasteiger partial charge in [0.2, 0.25) is 0 Å². The Morgan fingerprint density at radius 1 is 1.15 bits per heavy atom. The van der Waals surface area contributed by atoms with Gasteiger partial charge in [0.05, 0.1) is 5.56 Å². The Hall–Kier alpha value is -1.95. The lowest BCUT2D eigenvalue weighted by Gasteiger charge is -2.09. The van der Waals surface area contributed by atoms with Crippen LogP contribution in [0.25, 0.3) is 0 Å². The van der Waals surface area contributed by atoms with Gasteiger partial charge in [-0.05, 0) is 18.2 Å². The van der Waals surface area contributed by atoms with Gasteiger partial charge < -0.3 is 9.84 Å². The molecule has 6 heteroatoms. The zero-order valence-electron chi connectivity index (χ0n) is 10.1. The summed E-state index contributed by atoms with van der Waals surface area (Å²) in [4.78, 5) is 11.1. The molecule has 2 aromatic carbocycles. The predicted molar refractivity (Wildman–Crippen MR) is 71.8 cm³/mol. The van der Waals surface area contributed by atoms with Crippen LogP contribution in [0, 0.1) is 11.6 Å². The summed E-state index contributed by atoms with van der Waals surface area (Å²) in [6.07, 6.45) is 0. The highest BCUT2D eigenvalue weighted by molar-refractivity contribution is 9.10. The lowest BCUT2D eigenvalue weighted by molar-refractivity contribution is 0.0694. The maximum atomic E-state index is 13.0. The van der Waals surface area contributed by atoms with E-state index in [1.807, 2.05) is 0 Å². The summed E-state index contributed by atoms with van der Waals surface area (Å²) in [6, 6.07) is 7.39. The van der Waals surface area contributed by atoms with E-state index in [4.69, 9.17) is 9.84 Å². The minimum atomic E-state index is -1.10. The van der Waals surface area contributed by atoms with Crippen LogP contribution in [0.5, 0.6) is 5.75 Å². The third-order valence-electron chi connectivity index (χ3n) is 2.53. The van der Waals surface area contributed by atoms with E-state index in [0.29, 0.717) is 10.0 Å². The molecule has 2 aromatic rings. The van der Waals surface area contributed by atoms with Crippen LogP contribution in [-0.2, 0) is 6.61 Å². The van der Waals surface area contributed by atoms with Crippen molar-refractivity contribution in [3.8, 4) is 5.75 Å². The highest BCUT2D eigenvalue weighted by Gasteiger charge is 2.11. The van der Waals surface area contributed by atoms with Crippen LogP contribution in [-0.4, -0.2) is 11.1 Å². The molecule has 0 amide bonds. The van der Waals surface area contributed by atoms with Gasteiger partial charge in [0.1, 0.15) is 24.0 Å². The number of rotatable bonds is 4. The summed E-state index contributed by atoms with van der Waals surface area (Å²) in [6.45, 7) is -0.107. The van der Waals surface area contributed by atoms with Gasteiger partial charge in [-0.25, -0.2) is 13.6 Å². The number of hydrogen-bond acceptors (Lipinski definition) is 2. The fraction of sp³-hybridized carbons (Fsp3) is 0.0714. The van der Waals surface area contributed by atoms with Crippen LogP contribution >= 0.6 is 15.9 Å². The lowest BCUT2D eigenvalue weighted by atomic mass is 10.1. The molecule has 1 N–H and O–H groups in total. The fourth-order valence-electron chi connectivity index (χ4n) is 1.66. The van der Waals surface area contributed by atoms with Gasteiger partial charge in [0.25, 0.3) is 0 Å². The van der Waals surface area contributed by atoms with Gasteiger partial charge in [0, 0.05) is 28.2 Å². The van der Waals surface area contributed by atoms with Crippen molar-refractivity contribution >= 4 is 21.9 Å². The van der Waals surface area contributed by atoms with Crippen molar-refractivity contribution in [1.29, 1.82) is 0 Å². The quantitative estimate of drug-likeness (QED) is 0.913. The highest BCUT2D eigenvalue weighted by atomic mass is 79.9. The summed E-state index contributed by atoms with van der Waals surface area (Å²) < 4.78 is 31.9. The smallest absolute Gasteiger partial charge is 0.336 e. The number of halogens is 3. The Labute approximate surface area is 121 Å². The van der Waals surface area contributed by atoms with Crippen molar-refractivity contribution in [1.82, 2.24) is 0 Å². The van der Waals surface area contributed by atoms with E-state index in [0.717, 1.165) is 18.2 Å². The maximum absolute atomic E-state index is 13.0. The van der Waals surface area contributed by atoms with Crippen molar-refractivity contribution in [3.05, 3.63) is 63.6 Å². The van der Waals surface area contributed by atoms with E-state index in [1.165, 1.54) is 6.07 Å². The zero-order valence-corrected chi connectivity index (χ0v) is 11.7. The van der Waals surface area contributed by atoms with E-state index in [1.54, 1.807) is 12.1 Å². The molecule has 20 heavy (non-hydrogen) atoms. The molecule has 0 aliphatic heterocycles. The Balaban J connectivity index is 2.22. The normalized spacial score (nSPS) is 10.3. The van der Waals surface area contributed by atoms with E-state index >= 15 is 0 Å². The first kappa shape index (κ1) is 14.5. The van der Waals surface area contributed by atoms with Crippen molar-refractivity contribution in [3.63, 3.8) is 0 Å². The number of carboxylic acids is 1. The van der Waals surface area contributed by atoms with Crippen molar-refractivity contribution in [2.45, 2.75) is 6.61 Å². The molecule has 104 valence electrons. The number of carboxylic acid groups (broad SMARTS) is 1. The van der Waals surface area contributed by atoms with Gasteiger partial charge in [-0.1, -0.05) is 15.9 Å². The molecule has 0 saturated heterocycles. The molecule has 0 heterocycles. The lowest BCUT2D eigenvalue weighted by Crippen LogP contribution is -2.06. The molecule has 2 rings (SSSR count). The second kappa shape index (κ2) is 6.00. The SMILES string of the molecule is O=C(O)c1ccc(Br)cc1COc1cc(F)cc(F)c1. The number of hydrogen-bond donors (Lipinski definition) is 1. The molecule has 0 aliphatic carbocycles. The molecule has 0 bridgehead atoms. The third kappa shape index (κ3) is 3.54. The van der Waals surface area contributed by atoms with E-state index in [2.05, 4.69) is 15.9 Å². The Morgan fingerprint density at radius 3 is 2.40 bits per heavy atom. The molecular weight excluding hydrogens is 334 g/mol. The number of benzene rings is 2. The van der Waals surface area contributed by atoms with Crippen LogP contribution < -0.4 is 4.74 Å². The highest BCUT2D eigenvalue weighted by Crippen LogP contribution is 2.21. The van der Waals surface area contributed by atoms with Crippen LogP contribution in [0.2, 0.25) is 0 Å². The first-order valence-corrected chi connectivity index (χ1v) is 6.35. The Morgan fingerprint density at radius 2 is 1.80 bits per heavy atom. The Kier molecular flexibility index (Phi) is 4.34. The second-order valence-corrected chi connectivity index (χ2v) is 4.92. The topological polar surface area (TPSA) is 46.5 Å². The van der Waals surface area contributed by atoms with Gasteiger partial charge >= 0.3 is 5.97 Å². The zero-order chi connectivity index (χ0) is 14.7. The van der Waals surface area contributed by atoms with Crippen molar-refractivity contribution in [2.24, 2.45) is 0 Å². The third-order valence-corrected chi connectivity index (χ3v) is 3.02. The first-order valence-electron chi connectivity index (χ1n) is 5.56. The summed E-state index contributed by atoms with van der Waals surface area (Å²) in [5.74, 6) is -2.61. The molecule has 0 unspecified atom stereocenters. The molecule has 0 atom stereocenters. The molecule has 0 aliphatic rings. The molecule has 0 saturated carbocycles. The minimum absolute atomic E-state index is 0.00110.